The number of nitrogens with zero attached hydrogens (tertiary/aromatic N) is 2. The first-order valence-electron chi connectivity index (χ1n) is 7.90. The minimum atomic E-state index is -0.367. The van der Waals surface area contributed by atoms with Gasteiger partial charge in [0.05, 0.1) is 6.07 Å². The molecule has 1 fully saturated rings. The lowest BCUT2D eigenvalue weighted by molar-refractivity contribution is 0.165. The number of hydrogen-bond donors (Lipinski definition) is 1. The van der Waals surface area contributed by atoms with Gasteiger partial charge in [0, 0.05) is 12.6 Å². The molecule has 2 atom stereocenters. The van der Waals surface area contributed by atoms with Gasteiger partial charge in [0.15, 0.2) is 0 Å². The quantitative estimate of drug-likeness (QED) is 0.768. The molecule has 0 spiro atoms. The van der Waals surface area contributed by atoms with Gasteiger partial charge in [0.1, 0.15) is 5.54 Å². The summed E-state index contributed by atoms with van der Waals surface area (Å²) >= 11 is 0. The molecule has 2 unspecified atom stereocenters. The van der Waals surface area contributed by atoms with Crippen molar-refractivity contribution >= 4 is 0 Å². The summed E-state index contributed by atoms with van der Waals surface area (Å²) in [4.78, 5) is 2.59. The van der Waals surface area contributed by atoms with E-state index < -0.39 is 0 Å². The second-order valence-electron chi connectivity index (χ2n) is 6.56. The fourth-order valence-electron chi connectivity index (χ4n) is 3.14. The Labute approximate surface area is 119 Å². The summed E-state index contributed by atoms with van der Waals surface area (Å²) < 4.78 is 0. The number of piperidine rings is 1. The molecule has 0 saturated carbocycles. The lowest BCUT2D eigenvalue weighted by Gasteiger charge is -2.33. The molecule has 1 saturated heterocycles. The predicted molar refractivity (Wildman–Crippen MR) is 81.0 cm³/mol. The van der Waals surface area contributed by atoms with Crippen molar-refractivity contribution in [2.75, 3.05) is 19.6 Å². The van der Waals surface area contributed by atoms with Crippen LogP contribution in [0.1, 0.15) is 59.8 Å². The zero-order chi connectivity index (χ0) is 14.3. The van der Waals surface area contributed by atoms with Crippen molar-refractivity contribution in [1.82, 2.24) is 10.2 Å². The fraction of sp³-hybridized carbons (Fsp3) is 0.938. The van der Waals surface area contributed by atoms with Crippen molar-refractivity contribution in [3.05, 3.63) is 0 Å². The van der Waals surface area contributed by atoms with Gasteiger partial charge in [-0.1, -0.05) is 13.3 Å². The Morgan fingerprint density at radius 3 is 2.79 bits per heavy atom. The van der Waals surface area contributed by atoms with Gasteiger partial charge in [0.25, 0.3) is 0 Å². The SMILES string of the molecule is CCC1CCCN(CCCC(C)(C#N)NC(C)C)C1. The van der Waals surface area contributed by atoms with Gasteiger partial charge in [-0.25, -0.2) is 0 Å². The van der Waals surface area contributed by atoms with Gasteiger partial charge in [0.2, 0.25) is 0 Å². The van der Waals surface area contributed by atoms with Crippen LogP contribution in [0.5, 0.6) is 0 Å². The molecule has 1 aliphatic rings. The molecular formula is C16H31N3. The molecule has 0 aliphatic carbocycles. The van der Waals surface area contributed by atoms with Crippen LogP contribution in [-0.4, -0.2) is 36.1 Å². The summed E-state index contributed by atoms with van der Waals surface area (Å²) in [5, 5.41) is 12.7. The Kier molecular flexibility index (Phi) is 6.82. The average Bonchev–Trinajstić information content (AvgIpc) is 2.38. The van der Waals surface area contributed by atoms with E-state index in [2.05, 4.69) is 37.1 Å². The van der Waals surface area contributed by atoms with E-state index in [1.54, 1.807) is 0 Å². The van der Waals surface area contributed by atoms with Crippen LogP contribution in [0.3, 0.4) is 0 Å². The van der Waals surface area contributed by atoms with E-state index in [4.69, 9.17) is 0 Å². The van der Waals surface area contributed by atoms with Crippen LogP contribution >= 0.6 is 0 Å². The highest BCUT2D eigenvalue weighted by Crippen LogP contribution is 2.20. The fourth-order valence-corrected chi connectivity index (χ4v) is 3.14. The summed E-state index contributed by atoms with van der Waals surface area (Å²) in [5.74, 6) is 0.893. The minimum absolute atomic E-state index is 0.365. The molecule has 1 aliphatic heterocycles. The summed E-state index contributed by atoms with van der Waals surface area (Å²) in [6.07, 6.45) is 6.10. The first-order valence-corrected chi connectivity index (χ1v) is 7.90. The standard InChI is InChI=1S/C16H31N3/c1-5-15-8-6-10-19(12-15)11-7-9-16(4,13-17)18-14(2)3/h14-15,18H,5-12H2,1-4H3. The predicted octanol–water partition coefficient (Wildman–Crippen LogP) is 3.17. The van der Waals surface area contributed by atoms with E-state index in [0.717, 1.165) is 25.3 Å². The first kappa shape index (κ1) is 16.5. The number of rotatable bonds is 7. The lowest BCUT2D eigenvalue weighted by atomic mass is 9.94. The Morgan fingerprint density at radius 1 is 1.47 bits per heavy atom. The number of nitrogens with one attached hydrogen (secondary N) is 1. The molecule has 1 N–H and O–H groups in total. The third kappa shape index (κ3) is 5.93. The van der Waals surface area contributed by atoms with Crippen molar-refractivity contribution in [3.63, 3.8) is 0 Å². The number of likely N-dealkylation sites (tertiary alicyclic amines) is 1. The van der Waals surface area contributed by atoms with Crippen LogP contribution in [0.2, 0.25) is 0 Å². The third-order valence-corrected chi connectivity index (χ3v) is 4.19. The average molecular weight is 265 g/mol. The normalized spacial score (nSPS) is 24.1. The highest BCUT2D eigenvalue weighted by atomic mass is 15.1. The zero-order valence-corrected chi connectivity index (χ0v) is 13.2. The van der Waals surface area contributed by atoms with E-state index in [9.17, 15) is 5.26 Å². The lowest BCUT2D eigenvalue weighted by Crippen LogP contribution is -2.45. The molecule has 1 rings (SSSR count). The Bertz CT molecular complexity index is 295. The molecule has 110 valence electrons. The van der Waals surface area contributed by atoms with Crippen molar-refractivity contribution < 1.29 is 0 Å². The van der Waals surface area contributed by atoms with E-state index in [1.807, 2.05) is 6.92 Å². The van der Waals surface area contributed by atoms with Crippen LogP contribution in [0.25, 0.3) is 0 Å². The largest absolute Gasteiger partial charge is 0.303 e. The van der Waals surface area contributed by atoms with Crippen LogP contribution in [0.15, 0.2) is 0 Å². The second kappa shape index (κ2) is 7.87. The van der Waals surface area contributed by atoms with Gasteiger partial charge >= 0.3 is 0 Å². The molecule has 1 heterocycles. The molecule has 0 bridgehead atoms. The smallest absolute Gasteiger partial charge is 0.104 e. The van der Waals surface area contributed by atoms with Crippen LogP contribution in [-0.2, 0) is 0 Å². The van der Waals surface area contributed by atoms with Crippen molar-refractivity contribution in [2.45, 2.75) is 71.4 Å². The summed E-state index contributed by atoms with van der Waals surface area (Å²) in [6.45, 7) is 12.2. The third-order valence-electron chi connectivity index (χ3n) is 4.19. The maximum Gasteiger partial charge on any atom is 0.104 e. The van der Waals surface area contributed by atoms with Gasteiger partial charge < -0.3 is 4.90 Å². The molecule has 0 aromatic carbocycles. The van der Waals surface area contributed by atoms with Gasteiger partial charge in [-0.2, -0.15) is 5.26 Å². The van der Waals surface area contributed by atoms with Crippen molar-refractivity contribution in [1.29, 1.82) is 5.26 Å². The highest BCUT2D eigenvalue weighted by molar-refractivity contribution is 5.04. The van der Waals surface area contributed by atoms with Crippen molar-refractivity contribution in [2.24, 2.45) is 5.92 Å². The highest BCUT2D eigenvalue weighted by Gasteiger charge is 2.25. The molecule has 0 aromatic rings. The van der Waals surface area contributed by atoms with E-state index in [-0.39, 0.29) is 5.54 Å². The summed E-state index contributed by atoms with van der Waals surface area (Å²) in [6, 6.07) is 2.80. The summed E-state index contributed by atoms with van der Waals surface area (Å²) in [7, 11) is 0. The molecule has 3 heteroatoms. The number of nitriles is 1. The van der Waals surface area contributed by atoms with E-state index in [0.29, 0.717) is 6.04 Å². The molecule has 0 aromatic heterocycles. The van der Waals surface area contributed by atoms with Crippen LogP contribution in [0, 0.1) is 17.2 Å². The minimum Gasteiger partial charge on any atom is -0.303 e. The van der Waals surface area contributed by atoms with Crippen molar-refractivity contribution in [3.8, 4) is 6.07 Å². The van der Waals surface area contributed by atoms with Crippen LogP contribution in [0.4, 0.5) is 0 Å². The second-order valence-corrected chi connectivity index (χ2v) is 6.56. The van der Waals surface area contributed by atoms with Crippen LogP contribution < -0.4 is 5.32 Å². The monoisotopic (exact) mass is 265 g/mol. The Hall–Kier alpha value is -0.590. The Balaban J connectivity index is 2.30. The summed E-state index contributed by atoms with van der Waals surface area (Å²) in [5.41, 5.74) is -0.367. The van der Waals surface area contributed by atoms with Gasteiger partial charge in [-0.3, -0.25) is 5.32 Å². The first-order chi connectivity index (χ1) is 8.99. The molecule has 19 heavy (non-hydrogen) atoms. The van der Waals surface area contributed by atoms with Gasteiger partial charge in [-0.05, 0) is 65.5 Å². The maximum atomic E-state index is 9.33. The Morgan fingerprint density at radius 2 is 2.21 bits per heavy atom. The topological polar surface area (TPSA) is 39.1 Å². The molecule has 3 nitrogen and oxygen atoms in total. The molecule has 0 radical (unpaired) electrons. The van der Waals surface area contributed by atoms with Gasteiger partial charge in [-0.15, -0.1) is 0 Å². The zero-order valence-electron chi connectivity index (χ0n) is 13.2. The van der Waals surface area contributed by atoms with E-state index >= 15 is 0 Å². The molecular weight excluding hydrogens is 234 g/mol. The van der Waals surface area contributed by atoms with E-state index in [1.165, 1.54) is 32.4 Å². The number of hydrogen-bond acceptors (Lipinski definition) is 3. The molecule has 0 amide bonds. The maximum absolute atomic E-state index is 9.33.